The number of aromatic nitrogens is 1. The van der Waals surface area contributed by atoms with E-state index < -0.39 is 0 Å². The van der Waals surface area contributed by atoms with Crippen molar-refractivity contribution < 1.29 is 4.79 Å². The summed E-state index contributed by atoms with van der Waals surface area (Å²) in [5.74, 6) is 0.893. The highest BCUT2D eigenvalue weighted by atomic mass is 79.9. The van der Waals surface area contributed by atoms with Gasteiger partial charge in [0.2, 0.25) is 0 Å². The maximum absolute atomic E-state index is 12.2. The van der Waals surface area contributed by atoms with Crippen LogP contribution in [0, 0.1) is 5.92 Å². The third kappa shape index (κ3) is 1.65. The van der Waals surface area contributed by atoms with Crippen LogP contribution in [0.2, 0.25) is 0 Å². The summed E-state index contributed by atoms with van der Waals surface area (Å²) < 4.78 is 0.770. The van der Waals surface area contributed by atoms with Crippen LogP contribution in [0.25, 0.3) is 0 Å². The summed E-state index contributed by atoms with van der Waals surface area (Å²) in [5.41, 5.74) is 0.704. The number of hydrogen-bond acceptors (Lipinski definition) is 2. The van der Waals surface area contributed by atoms with Crippen molar-refractivity contribution in [3.63, 3.8) is 0 Å². The van der Waals surface area contributed by atoms with Crippen LogP contribution in [0.4, 0.5) is 0 Å². The van der Waals surface area contributed by atoms with Crippen molar-refractivity contribution >= 4 is 21.8 Å². The zero-order chi connectivity index (χ0) is 11.1. The summed E-state index contributed by atoms with van der Waals surface area (Å²) in [7, 11) is 0. The Balaban J connectivity index is 1.80. The predicted octanol–water partition coefficient (Wildman–Crippen LogP) is 2.47. The fourth-order valence-electron chi connectivity index (χ4n) is 2.84. The molecule has 1 saturated heterocycles. The van der Waals surface area contributed by atoms with E-state index in [1.807, 2.05) is 17.0 Å². The van der Waals surface area contributed by atoms with Crippen molar-refractivity contribution in [2.45, 2.75) is 25.3 Å². The Morgan fingerprint density at radius 3 is 2.88 bits per heavy atom. The minimum atomic E-state index is 0.146. The number of halogens is 1. The number of likely N-dealkylation sites (tertiary alicyclic amines) is 1. The highest BCUT2D eigenvalue weighted by molar-refractivity contribution is 9.10. The molecule has 1 saturated carbocycles. The van der Waals surface area contributed by atoms with Crippen molar-refractivity contribution in [2.75, 3.05) is 6.54 Å². The predicted molar refractivity (Wildman–Crippen MR) is 64.1 cm³/mol. The Hall–Kier alpha value is -0.900. The van der Waals surface area contributed by atoms with E-state index in [-0.39, 0.29) is 5.91 Å². The molecule has 1 aliphatic heterocycles. The Kier molecular flexibility index (Phi) is 2.46. The van der Waals surface area contributed by atoms with Gasteiger partial charge in [-0.05, 0) is 53.2 Å². The number of pyridine rings is 1. The zero-order valence-electron chi connectivity index (χ0n) is 8.90. The van der Waals surface area contributed by atoms with E-state index in [0.717, 1.165) is 17.1 Å². The molecule has 2 heterocycles. The van der Waals surface area contributed by atoms with E-state index in [9.17, 15) is 4.79 Å². The smallest absolute Gasteiger partial charge is 0.255 e. The average molecular weight is 281 g/mol. The lowest BCUT2D eigenvalue weighted by atomic mass is 10.1. The summed E-state index contributed by atoms with van der Waals surface area (Å²) in [6.07, 6.45) is 5.33. The van der Waals surface area contributed by atoms with Crippen LogP contribution < -0.4 is 0 Å². The number of carbonyl (C=O) groups is 1. The lowest BCUT2D eigenvalue weighted by Crippen LogP contribution is -2.37. The second-order valence-electron chi connectivity index (χ2n) is 4.66. The first-order valence-electron chi connectivity index (χ1n) is 5.66. The Morgan fingerprint density at radius 1 is 1.44 bits per heavy atom. The second kappa shape index (κ2) is 3.84. The van der Waals surface area contributed by atoms with Gasteiger partial charge in [0, 0.05) is 18.8 Å². The van der Waals surface area contributed by atoms with Gasteiger partial charge in [0.05, 0.1) is 5.56 Å². The maximum atomic E-state index is 12.2. The molecule has 1 aromatic heterocycles. The highest BCUT2D eigenvalue weighted by Crippen LogP contribution is 2.37. The van der Waals surface area contributed by atoms with Crippen LogP contribution in [-0.2, 0) is 0 Å². The van der Waals surface area contributed by atoms with Gasteiger partial charge in [0.25, 0.3) is 5.91 Å². The summed E-state index contributed by atoms with van der Waals surface area (Å²) >= 11 is 3.27. The number of rotatable bonds is 1. The van der Waals surface area contributed by atoms with Gasteiger partial charge in [-0.15, -0.1) is 0 Å². The molecule has 1 aliphatic carbocycles. The molecule has 0 aromatic carbocycles. The lowest BCUT2D eigenvalue weighted by molar-refractivity contribution is 0.0703. The molecule has 2 atom stereocenters. The summed E-state index contributed by atoms with van der Waals surface area (Å²) in [4.78, 5) is 18.3. The van der Waals surface area contributed by atoms with E-state index in [1.54, 1.807) is 6.20 Å². The van der Waals surface area contributed by atoms with Gasteiger partial charge in [0.15, 0.2) is 0 Å². The van der Waals surface area contributed by atoms with E-state index >= 15 is 0 Å². The van der Waals surface area contributed by atoms with Crippen LogP contribution in [0.5, 0.6) is 0 Å². The zero-order valence-corrected chi connectivity index (χ0v) is 10.5. The Morgan fingerprint density at radius 2 is 2.31 bits per heavy atom. The van der Waals surface area contributed by atoms with Crippen LogP contribution in [-0.4, -0.2) is 28.4 Å². The number of nitrogens with zero attached hydrogens (tertiary/aromatic N) is 2. The van der Waals surface area contributed by atoms with Crippen molar-refractivity contribution in [3.8, 4) is 0 Å². The van der Waals surface area contributed by atoms with Crippen molar-refractivity contribution in [3.05, 3.63) is 28.5 Å². The molecule has 84 valence electrons. The molecule has 2 fully saturated rings. The molecule has 3 nitrogen and oxygen atoms in total. The first-order valence-corrected chi connectivity index (χ1v) is 6.46. The van der Waals surface area contributed by atoms with Gasteiger partial charge in [-0.25, -0.2) is 4.98 Å². The van der Waals surface area contributed by atoms with Crippen molar-refractivity contribution in [2.24, 2.45) is 5.92 Å². The lowest BCUT2D eigenvalue weighted by Gasteiger charge is -2.26. The van der Waals surface area contributed by atoms with Crippen LogP contribution in [0.1, 0.15) is 29.6 Å². The fourth-order valence-corrected chi connectivity index (χ4v) is 3.08. The number of hydrogen-bond donors (Lipinski definition) is 0. The van der Waals surface area contributed by atoms with Crippen molar-refractivity contribution in [1.29, 1.82) is 0 Å². The van der Waals surface area contributed by atoms with E-state index in [2.05, 4.69) is 20.9 Å². The number of amides is 1. The largest absolute Gasteiger partial charge is 0.335 e. The first-order chi connectivity index (χ1) is 7.74. The van der Waals surface area contributed by atoms with Crippen LogP contribution in [0.15, 0.2) is 22.9 Å². The summed E-state index contributed by atoms with van der Waals surface area (Å²) in [6, 6.07) is 4.15. The molecule has 4 heteroatoms. The normalized spacial score (nSPS) is 27.4. The molecule has 16 heavy (non-hydrogen) atoms. The van der Waals surface area contributed by atoms with Crippen LogP contribution in [0.3, 0.4) is 0 Å². The third-order valence-electron chi connectivity index (χ3n) is 3.64. The quantitative estimate of drug-likeness (QED) is 0.741. The molecule has 2 bridgehead atoms. The first kappa shape index (κ1) is 10.3. The molecule has 1 aromatic rings. The van der Waals surface area contributed by atoms with Gasteiger partial charge >= 0.3 is 0 Å². The number of carbonyl (C=O) groups excluding carboxylic acids is 1. The molecule has 0 radical (unpaired) electrons. The third-order valence-corrected chi connectivity index (χ3v) is 4.11. The second-order valence-corrected chi connectivity index (χ2v) is 5.47. The summed E-state index contributed by atoms with van der Waals surface area (Å²) in [5, 5.41) is 0. The maximum Gasteiger partial charge on any atom is 0.255 e. The SMILES string of the molecule is O=C(c1ccc(Br)nc1)N1CC2CCC1C2. The molecule has 2 aliphatic rings. The minimum absolute atomic E-state index is 0.146. The highest BCUT2D eigenvalue weighted by Gasteiger charge is 2.40. The number of piperidine rings is 1. The average Bonchev–Trinajstić information content (AvgIpc) is 2.91. The fraction of sp³-hybridized carbons (Fsp3) is 0.500. The van der Waals surface area contributed by atoms with E-state index in [0.29, 0.717) is 11.6 Å². The summed E-state index contributed by atoms with van der Waals surface area (Å²) in [6.45, 7) is 0.944. The Labute approximate surface area is 103 Å². The molecular formula is C12H13BrN2O. The topological polar surface area (TPSA) is 33.2 Å². The van der Waals surface area contributed by atoms with E-state index in [4.69, 9.17) is 0 Å². The number of fused-ring (bicyclic) bond motifs is 2. The molecule has 1 amide bonds. The minimum Gasteiger partial charge on any atom is -0.335 e. The van der Waals surface area contributed by atoms with E-state index in [1.165, 1.54) is 19.3 Å². The van der Waals surface area contributed by atoms with Gasteiger partial charge in [-0.2, -0.15) is 0 Å². The standard InChI is InChI=1S/C12H13BrN2O/c13-11-4-2-9(6-14-11)12(16)15-7-8-1-3-10(15)5-8/h2,4,6,8,10H,1,3,5,7H2. The van der Waals surface area contributed by atoms with Gasteiger partial charge in [0.1, 0.15) is 4.60 Å². The Bertz CT molecular complexity index is 418. The van der Waals surface area contributed by atoms with Crippen molar-refractivity contribution in [1.82, 2.24) is 9.88 Å². The monoisotopic (exact) mass is 280 g/mol. The molecule has 3 rings (SSSR count). The molecule has 0 N–H and O–H groups in total. The van der Waals surface area contributed by atoms with Gasteiger partial charge < -0.3 is 4.90 Å². The molecule has 2 unspecified atom stereocenters. The van der Waals surface area contributed by atoms with Gasteiger partial charge in [-0.1, -0.05) is 0 Å². The van der Waals surface area contributed by atoms with Crippen LogP contribution >= 0.6 is 15.9 Å². The van der Waals surface area contributed by atoms with Gasteiger partial charge in [-0.3, -0.25) is 4.79 Å². The molecular weight excluding hydrogens is 268 g/mol. The molecule has 0 spiro atoms.